The Labute approximate surface area is 120 Å². The standard InChI is InChI=1S/C12H7BrINO2/c13-11-7-9(3-6-12(11)15(16)17)8-1-4-10(14)5-2-8/h1-7H. The number of benzene rings is 2. The molecule has 0 fully saturated rings. The van der Waals surface area contributed by atoms with Crippen LogP contribution in [0.2, 0.25) is 0 Å². The van der Waals surface area contributed by atoms with Gasteiger partial charge in [-0.1, -0.05) is 12.1 Å². The molecule has 0 aliphatic heterocycles. The van der Waals surface area contributed by atoms with Gasteiger partial charge in [-0.3, -0.25) is 10.1 Å². The summed E-state index contributed by atoms with van der Waals surface area (Å²) < 4.78 is 1.66. The lowest BCUT2D eigenvalue weighted by molar-refractivity contribution is -0.385. The van der Waals surface area contributed by atoms with Crippen molar-refractivity contribution in [1.82, 2.24) is 0 Å². The largest absolute Gasteiger partial charge is 0.283 e. The maximum absolute atomic E-state index is 10.7. The maximum atomic E-state index is 10.7. The highest BCUT2D eigenvalue weighted by Gasteiger charge is 2.12. The van der Waals surface area contributed by atoms with Gasteiger partial charge in [0.25, 0.3) is 5.69 Å². The summed E-state index contributed by atoms with van der Waals surface area (Å²) in [5.74, 6) is 0. The molecule has 86 valence electrons. The van der Waals surface area contributed by atoms with Crippen molar-refractivity contribution in [3.05, 3.63) is 60.6 Å². The molecule has 2 aromatic rings. The Morgan fingerprint density at radius 1 is 1.06 bits per heavy atom. The molecule has 0 bridgehead atoms. The quantitative estimate of drug-likeness (QED) is 0.417. The van der Waals surface area contributed by atoms with Gasteiger partial charge < -0.3 is 0 Å². The van der Waals surface area contributed by atoms with Gasteiger partial charge in [-0.15, -0.1) is 0 Å². The number of hydrogen-bond acceptors (Lipinski definition) is 2. The van der Waals surface area contributed by atoms with Crippen LogP contribution in [0.3, 0.4) is 0 Å². The molecule has 2 rings (SSSR count). The molecule has 0 saturated heterocycles. The van der Waals surface area contributed by atoms with Crippen LogP contribution < -0.4 is 0 Å². The fraction of sp³-hybridized carbons (Fsp3) is 0. The molecule has 17 heavy (non-hydrogen) atoms. The van der Waals surface area contributed by atoms with Crippen LogP contribution in [0, 0.1) is 13.7 Å². The van der Waals surface area contributed by atoms with E-state index < -0.39 is 4.92 Å². The van der Waals surface area contributed by atoms with E-state index in [1.54, 1.807) is 12.1 Å². The number of halogens is 2. The van der Waals surface area contributed by atoms with Crippen molar-refractivity contribution < 1.29 is 4.92 Å². The number of nitrogens with zero attached hydrogens (tertiary/aromatic N) is 1. The Bertz CT molecular complexity index is 569. The average molecular weight is 404 g/mol. The summed E-state index contributed by atoms with van der Waals surface area (Å²) >= 11 is 5.45. The van der Waals surface area contributed by atoms with E-state index in [0.717, 1.165) is 14.7 Å². The molecular weight excluding hydrogens is 397 g/mol. The summed E-state index contributed by atoms with van der Waals surface area (Å²) in [4.78, 5) is 10.3. The first-order valence-electron chi connectivity index (χ1n) is 4.78. The van der Waals surface area contributed by atoms with Crippen molar-refractivity contribution >= 4 is 44.2 Å². The second-order valence-corrected chi connectivity index (χ2v) is 5.53. The van der Waals surface area contributed by atoms with E-state index in [4.69, 9.17) is 0 Å². The molecule has 0 heterocycles. The predicted molar refractivity (Wildman–Crippen MR) is 78.9 cm³/mol. The Hall–Kier alpha value is -0.950. The fourth-order valence-corrected chi connectivity index (χ4v) is 2.36. The first-order valence-corrected chi connectivity index (χ1v) is 6.65. The minimum Gasteiger partial charge on any atom is -0.258 e. The summed E-state index contributed by atoms with van der Waals surface area (Å²) in [5.41, 5.74) is 2.08. The highest BCUT2D eigenvalue weighted by molar-refractivity contribution is 14.1. The second-order valence-electron chi connectivity index (χ2n) is 3.43. The maximum Gasteiger partial charge on any atom is 0.283 e. The van der Waals surface area contributed by atoms with Gasteiger partial charge in [0.15, 0.2) is 0 Å². The molecule has 3 nitrogen and oxygen atoms in total. The van der Waals surface area contributed by atoms with Crippen LogP contribution in [0.15, 0.2) is 46.9 Å². The molecule has 0 saturated carbocycles. The summed E-state index contributed by atoms with van der Waals surface area (Å²) in [6, 6.07) is 13.0. The molecule has 0 aliphatic rings. The second kappa shape index (κ2) is 5.14. The Balaban J connectivity index is 2.44. The van der Waals surface area contributed by atoms with Crippen molar-refractivity contribution in [3.63, 3.8) is 0 Å². The third-order valence-corrected chi connectivity index (χ3v) is 3.68. The van der Waals surface area contributed by atoms with Gasteiger partial charge >= 0.3 is 0 Å². The zero-order chi connectivity index (χ0) is 12.4. The van der Waals surface area contributed by atoms with E-state index in [1.807, 2.05) is 24.3 Å². The van der Waals surface area contributed by atoms with Gasteiger partial charge in [-0.25, -0.2) is 0 Å². The van der Waals surface area contributed by atoms with E-state index in [9.17, 15) is 10.1 Å². The molecule has 0 aromatic heterocycles. The van der Waals surface area contributed by atoms with Crippen LogP contribution in [0.1, 0.15) is 0 Å². The molecular formula is C12H7BrINO2. The van der Waals surface area contributed by atoms with Gasteiger partial charge in [-0.2, -0.15) is 0 Å². The Kier molecular flexibility index (Phi) is 3.78. The lowest BCUT2D eigenvalue weighted by Gasteiger charge is -2.03. The third-order valence-electron chi connectivity index (χ3n) is 2.32. The topological polar surface area (TPSA) is 43.1 Å². The zero-order valence-electron chi connectivity index (χ0n) is 8.56. The molecule has 0 amide bonds. The molecule has 0 unspecified atom stereocenters. The van der Waals surface area contributed by atoms with Gasteiger partial charge in [0.05, 0.1) is 9.40 Å². The fourth-order valence-electron chi connectivity index (χ4n) is 1.48. The summed E-state index contributed by atoms with van der Waals surface area (Å²) in [5, 5.41) is 10.7. The Morgan fingerprint density at radius 2 is 1.65 bits per heavy atom. The predicted octanol–water partition coefficient (Wildman–Crippen LogP) is 4.63. The van der Waals surface area contributed by atoms with Gasteiger partial charge in [0.2, 0.25) is 0 Å². The van der Waals surface area contributed by atoms with Crippen LogP contribution in [0.25, 0.3) is 11.1 Å². The van der Waals surface area contributed by atoms with Gasteiger partial charge in [-0.05, 0) is 73.9 Å². The van der Waals surface area contributed by atoms with Crippen LogP contribution in [0.5, 0.6) is 0 Å². The van der Waals surface area contributed by atoms with E-state index in [0.29, 0.717) is 4.47 Å². The van der Waals surface area contributed by atoms with Crippen molar-refractivity contribution in [2.75, 3.05) is 0 Å². The van der Waals surface area contributed by atoms with Crippen molar-refractivity contribution in [2.45, 2.75) is 0 Å². The van der Waals surface area contributed by atoms with Crippen LogP contribution >= 0.6 is 38.5 Å². The minimum atomic E-state index is -0.401. The van der Waals surface area contributed by atoms with Crippen LogP contribution in [0.4, 0.5) is 5.69 Å². The normalized spacial score (nSPS) is 10.2. The zero-order valence-corrected chi connectivity index (χ0v) is 12.3. The smallest absolute Gasteiger partial charge is 0.258 e. The summed E-state index contributed by atoms with van der Waals surface area (Å²) in [7, 11) is 0. The summed E-state index contributed by atoms with van der Waals surface area (Å²) in [6.07, 6.45) is 0. The van der Waals surface area contributed by atoms with Crippen LogP contribution in [-0.2, 0) is 0 Å². The lowest BCUT2D eigenvalue weighted by Crippen LogP contribution is -1.89. The summed E-state index contributed by atoms with van der Waals surface area (Å²) in [6.45, 7) is 0. The minimum absolute atomic E-state index is 0.0826. The van der Waals surface area contributed by atoms with Crippen molar-refractivity contribution in [3.8, 4) is 11.1 Å². The van der Waals surface area contributed by atoms with Gasteiger partial charge in [0, 0.05) is 9.64 Å². The molecule has 2 aromatic carbocycles. The lowest BCUT2D eigenvalue weighted by atomic mass is 10.1. The van der Waals surface area contributed by atoms with E-state index in [2.05, 4.69) is 38.5 Å². The molecule has 0 N–H and O–H groups in total. The van der Waals surface area contributed by atoms with E-state index in [-0.39, 0.29) is 5.69 Å². The van der Waals surface area contributed by atoms with Crippen molar-refractivity contribution in [1.29, 1.82) is 0 Å². The first kappa shape index (κ1) is 12.5. The first-order chi connectivity index (χ1) is 8.08. The van der Waals surface area contributed by atoms with Crippen LogP contribution in [-0.4, -0.2) is 4.92 Å². The highest BCUT2D eigenvalue weighted by Crippen LogP contribution is 2.30. The molecule has 0 aliphatic carbocycles. The average Bonchev–Trinajstić information content (AvgIpc) is 2.29. The number of nitro groups is 1. The highest BCUT2D eigenvalue weighted by atomic mass is 127. The third kappa shape index (κ3) is 2.84. The monoisotopic (exact) mass is 403 g/mol. The molecule has 0 spiro atoms. The van der Waals surface area contributed by atoms with E-state index in [1.165, 1.54) is 6.07 Å². The number of hydrogen-bond donors (Lipinski definition) is 0. The number of rotatable bonds is 2. The molecule has 0 radical (unpaired) electrons. The molecule has 0 atom stereocenters. The van der Waals surface area contributed by atoms with Crippen molar-refractivity contribution in [2.24, 2.45) is 0 Å². The number of nitro benzene ring substituents is 1. The Morgan fingerprint density at radius 3 is 2.18 bits per heavy atom. The molecule has 5 heteroatoms. The van der Waals surface area contributed by atoms with E-state index >= 15 is 0 Å². The SMILES string of the molecule is O=[N+]([O-])c1ccc(-c2ccc(I)cc2)cc1Br. The van der Waals surface area contributed by atoms with Gasteiger partial charge in [0.1, 0.15) is 0 Å².